The second-order valence-electron chi connectivity index (χ2n) is 5.07. The van der Waals surface area contributed by atoms with Gasteiger partial charge in [0.25, 0.3) is 11.4 Å². The zero-order valence-corrected chi connectivity index (χ0v) is 13.0. The molecule has 2 aromatic rings. The lowest BCUT2D eigenvalue weighted by Crippen LogP contribution is -2.17. The molecule has 0 fully saturated rings. The molecule has 0 aliphatic carbocycles. The van der Waals surface area contributed by atoms with Gasteiger partial charge in [-0.25, -0.2) is 0 Å². The van der Waals surface area contributed by atoms with Crippen LogP contribution in [0.4, 0.5) is 25.8 Å². The maximum absolute atomic E-state index is 12.1. The molecule has 0 atom stereocenters. The quantitative estimate of drug-likeness (QED) is 0.555. The summed E-state index contributed by atoms with van der Waals surface area (Å²) in [4.78, 5) is 22.1. The van der Waals surface area contributed by atoms with Gasteiger partial charge in [-0.3, -0.25) is 20.2 Å². The number of halogens is 2. The van der Waals surface area contributed by atoms with Crippen molar-refractivity contribution in [3.63, 3.8) is 0 Å². The van der Waals surface area contributed by atoms with Crippen LogP contribution in [0.5, 0.6) is 5.75 Å². The molecule has 0 spiro atoms. The first-order chi connectivity index (χ1) is 11.8. The van der Waals surface area contributed by atoms with E-state index in [-0.39, 0.29) is 23.7 Å². The predicted molar refractivity (Wildman–Crippen MR) is 84.9 cm³/mol. The zero-order chi connectivity index (χ0) is 18.6. The summed E-state index contributed by atoms with van der Waals surface area (Å²) in [6.45, 7) is -2.69. The summed E-state index contributed by atoms with van der Waals surface area (Å²) in [5, 5.41) is 21.9. The van der Waals surface area contributed by atoms with Crippen molar-refractivity contribution < 1.29 is 23.4 Å². The van der Waals surface area contributed by atoms with Crippen molar-refractivity contribution in [3.05, 3.63) is 68.3 Å². The molecule has 0 aliphatic rings. The van der Waals surface area contributed by atoms with E-state index in [1.807, 2.05) is 0 Å². The number of anilines is 1. The van der Waals surface area contributed by atoms with Gasteiger partial charge in [0.15, 0.2) is 0 Å². The predicted octanol–water partition coefficient (Wildman–Crippen LogP) is 3.74. The van der Waals surface area contributed by atoms with Crippen molar-refractivity contribution in [3.8, 4) is 5.75 Å². The van der Waals surface area contributed by atoms with E-state index in [4.69, 9.17) is 0 Å². The smallest absolute Gasteiger partial charge is 0.387 e. The first kappa shape index (κ1) is 18.0. The van der Waals surface area contributed by atoms with Crippen molar-refractivity contribution >= 4 is 17.1 Å². The fourth-order valence-electron chi connectivity index (χ4n) is 2.23. The molecule has 132 valence electrons. The molecule has 0 saturated carbocycles. The topological polar surface area (TPSA) is 98.8 Å². The Morgan fingerprint density at radius 3 is 2.24 bits per heavy atom. The number of hydrogen-bond acceptors (Lipinski definition) is 6. The maximum atomic E-state index is 12.1. The van der Waals surface area contributed by atoms with Gasteiger partial charge < -0.3 is 9.64 Å². The van der Waals surface area contributed by atoms with Crippen molar-refractivity contribution in [2.24, 2.45) is 0 Å². The van der Waals surface area contributed by atoms with Crippen LogP contribution in [0.1, 0.15) is 5.56 Å². The van der Waals surface area contributed by atoms with Gasteiger partial charge in [-0.1, -0.05) is 12.1 Å². The van der Waals surface area contributed by atoms with Gasteiger partial charge in [0.2, 0.25) is 0 Å². The first-order valence-electron chi connectivity index (χ1n) is 6.95. The van der Waals surface area contributed by atoms with E-state index in [1.165, 1.54) is 29.2 Å². The Morgan fingerprint density at radius 2 is 1.72 bits per heavy atom. The number of nitro benzene ring substituents is 2. The number of hydrogen-bond donors (Lipinski definition) is 0. The van der Waals surface area contributed by atoms with Gasteiger partial charge in [-0.05, 0) is 23.8 Å². The Hall–Kier alpha value is -3.30. The Balaban J connectivity index is 2.21. The number of rotatable bonds is 7. The van der Waals surface area contributed by atoms with Crippen LogP contribution in [0, 0.1) is 20.2 Å². The number of benzene rings is 2. The molecule has 0 saturated heterocycles. The summed E-state index contributed by atoms with van der Waals surface area (Å²) < 4.78 is 28.5. The molecular formula is C15H13F2N3O5. The summed E-state index contributed by atoms with van der Waals surface area (Å²) in [7, 11) is 1.58. The van der Waals surface area contributed by atoms with Crippen LogP contribution in [-0.4, -0.2) is 23.5 Å². The normalized spacial score (nSPS) is 10.6. The molecule has 0 heterocycles. The lowest BCUT2D eigenvalue weighted by Gasteiger charge is -2.19. The molecule has 0 N–H and O–H groups in total. The summed E-state index contributed by atoms with van der Waals surface area (Å²) in [5.74, 6) is 0.00252. The summed E-state index contributed by atoms with van der Waals surface area (Å²) in [6.07, 6.45) is 0. The molecule has 0 radical (unpaired) electrons. The fourth-order valence-corrected chi connectivity index (χ4v) is 2.23. The molecule has 10 heteroatoms. The molecule has 0 aliphatic heterocycles. The van der Waals surface area contributed by atoms with E-state index >= 15 is 0 Å². The van der Waals surface area contributed by atoms with Gasteiger partial charge >= 0.3 is 6.61 Å². The van der Waals surface area contributed by atoms with Gasteiger partial charge in [0, 0.05) is 19.7 Å². The first-order valence-corrected chi connectivity index (χ1v) is 6.95. The van der Waals surface area contributed by atoms with Gasteiger partial charge in [-0.15, -0.1) is 0 Å². The number of nitro groups is 2. The highest BCUT2D eigenvalue weighted by molar-refractivity contribution is 5.66. The zero-order valence-electron chi connectivity index (χ0n) is 13.0. The average Bonchev–Trinajstić information content (AvgIpc) is 2.55. The minimum atomic E-state index is -2.92. The van der Waals surface area contributed by atoms with Crippen LogP contribution in [0.25, 0.3) is 0 Å². The molecule has 8 nitrogen and oxygen atoms in total. The molecule has 0 aromatic heterocycles. The largest absolute Gasteiger partial charge is 0.435 e. The van der Waals surface area contributed by atoms with E-state index < -0.39 is 22.1 Å². The molecule has 2 rings (SSSR count). The van der Waals surface area contributed by atoms with E-state index in [1.54, 1.807) is 19.2 Å². The summed E-state index contributed by atoms with van der Waals surface area (Å²) in [6, 6.07) is 9.18. The monoisotopic (exact) mass is 353 g/mol. The van der Waals surface area contributed by atoms with Crippen LogP contribution in [0.2, 0.25) is 0 Å². The maximum Gasteiger partial charge on any atom is 0.387 e. The van der Waals surface area contributed by atoms with Crippen molar-refractivity contribution in [2.75, 3.05) is 11.9 Å². The summed E-state index contributed by atoms with van der Waals surface area (Å²) >= 11 is 0. The standard InChI is InChI=1S/C15H13F2N3O5/c1-18(9-10-2-5-12(6-3-10)25-15(16)17)13-7-4-11(19(21)22)8-14(13)20(23)24/h2-8,15H,9H2,1H3. The fraction of sp³-hybridized carbons (Fsp3) is 0.200. The Kier molecular flexibility index (Phi) is 5.42. The highest BCUT2D eigenvalue weighted by Crippen LogP contribution is 2.32. The molecule has 25 heavy (non-hydrogen) atoms. The second kappa shape index (κ2) is 7.51. The third-order valence-corrected chi connectivity index (χ3v) is 3.35. The molecule has 0 bridgehead atoms. The van der Waals surface area contributed by atoms with Crippen LogP contribution in [-0.2, 0) is 6.54 Å². The molecule has 0 amide bonds. The van der Waals surface area contributed by atoms with Gasteiger partial charge in [0.05, 0.1) is 15.9 Å². The Labute approximate surface area is 140 Å². The number of nitrogens with zero attached hydrogens (tertiary/aromatic N) is 3. The Bertz CT molecular complexity index is 783. The van der Waals surface area contributed by atoms with Crippen molar-refractivity contribution in [1.82, 2.24) is 0 Å². The molecule has 2 aromatic carbocycles. The minimum Gasteiger partial charge on any atom is -0.435 e. The highest BCUT2D eigenvalue weighted by atomic mass is 19.3. The average molecular weight is 353 g/mol. The molecular weight excluding hydrogens is 340 g/mol. The van der Waals surface area contributed by atoms with E-state index in [0.29, 0.717) is 5.56 Å². The Morgan fingerprint density at radius 1 is 1.08 bits per heavy atom. The SMILES string of the molecule is CN(Cc1ccc(OC(F)F)cc1)c1ccc([N+](=O)[O-])cc1[N+](=O)[O-]. The lowest BCUT2D eigenvalue weighted by molar-refractivity contribution is -0.393. The van der Waals surface area contributed by atoms with Gasteiger partial charge in [0.1, 0.15) is 11.4 Å². The summed E-state index contributed by atoms with van der Waals surface area (Å²) in [5.41, 5.74) is 0.118. The molecule has 0 unspecified atom stereocenters. The van der Waals surface area contributed by atoms with E-state index in [9.17, 15) is 29.0 Å². The van der Waals surface area contributed by atoms with Crippen LogP contribution in [0.3, 0.4) is 0 Å². The minimum absolute atomic E-state index is 0.00252. The van der Waals surface area contributed by atoms with Crippen molar-refractivity contribution in [1.29, 1.82) is 0 Å². The van der Waals surface area contributed by atoms with E-state index in [2.05, 4.69) is 4.74 Å². The third kappa shape index (κ3) is 4.59. The number of alkyl halides is 2. The van der Waals surface area contributed by atoms with Crippen LogP contribution >= 0.6 is 0 Å². The number of ether oxygens (including phenoxy) is 1. The van der Waals surface area contributed by atoms with E-state index in [0.717, 1.165) is 6.07 Å². The third-order valence-electron chi connectivity index (χ3n) is 3.35. The lowest BCUT2D eigenvalue weighted by atomic mass is 10.1. The van der Waals surface area contributed by atoms with Crippen LogP contribution < -0.4 is 9.64 Å². The van der Waals surface area contributed by atoms with Crippen LogP contribution in [0.15, 0.2) is 42.5 Å². The second-order valence-corrected chi connectivity index (χ2v) is 5.07. The van der Waals surface area contributed by atoms with Crippen molar-refractivity contribution in [2.45, 2.75) is 13.2 Å². The van der Waals surface area contributed by atoms with Gasteiger partial charge in [-0.2, -0.15) is 8.78 Å². The number of non-ortho nitro benzene ring substituents is 1. The highest BCUT2D eigenvalue weighted by Gasteiger charge is 2.22.